The predicted molar refractivity (Wildman–Crippen MR) is 86.9 cm³/mol. The Balaban J connectivity index is 1.99. The van der Waals surface area contributed by atoms with Crippen molar-refractivity contribution in [3.05, 3.63) is 35.6 Å². The molecule has 0 N–H and O–H groups in total. The average Bonchev–Trinajstić information content (AvgIpc) is 2.63. The van der Waals surface area contributed by atoms with E-state index < -0.39 is 0 Å². The standard InChI is InChI=1S/C17H24FNOS/c1-17(2,3)12-16(20)19-9-8-15(21-11-10-19)13-6-4-5-7-14(13)18/h4-7,15H,8-12H2,1-3H3. The summed E-state index contributed by atoms with van der Waals surface area (Å²) in [5.41, 5.74) is 0.786. The smallest absolute Gasteiger partial charge is 0.223 e. The maximum atomic E-state index is 13.9. The topological polar surface area (TPSA) is 20.3 Å². The van der Waals surface area contributed by atoms with Gasteiger partial charge in [0.05, 0.1) is 0 Å². The third-order valence-corrected chi connectivity index (χ3v) is 4.94. The highest BCUT2D eigenvalue weighted by molar-refractivity contribution is 7.99. The normalized spacial score (nSPS) is 20.2. The van der Waals surface area contributed by atoms with Crippen molar-refractivity contribution in [3.63, 3.8) is 0 Å². The average molecular weight is 309 g/mol. The van der Waals surface area contributed by atoms with Crippen LogP contribution in [-0.2, 0) is 4.79 Å². The molecule has 1 unspecified atom stereocenters. The highest BCUT2D eigenvalue weighted by Gasteiger charge is 2.26. The molecule has 1 amide bonds. The van der Waals surface area contributed by atoms with Gasteiger partial charge in [-0.3, -0.25) is 4.79 Å². The van der Waals surface area contributed by atoms with Gasteiger partial charge in [-0.05, 0) is 17.9 Å². The quantitative estimate of drug-likeness (QED) is 0.813. The fraction of sp³-hybridized carbons (Fsp3) is 0.588. The molecular formula is C17H24FNOS. The number of rotatable bonds is 2. The number of thioether (sulfide) groups is 1. The largest absolute Gasteiger partial charge is 0.342 e. The lowest BCUT2D eigenvalue weighted by atomic mass is 9.91. The lowest BCUT2D eigenvalue weighted by Gasteiger charge is -2.25. The lowest BCUT2D eigenvalue weighted by molar-refractivity contribution is -0.132. The van der Waals surface area contributed by atoms with Crippen LogP contribution in [0, 0.1) is 11.2 Å². The van der Waals surface area contributed by atoms with Gasteiger partial charge in [-0.25, -0.2) is 4.39 Å². The van der Waals surface area contributed by atoms with Gasteiger partial charge in [0.2, 0.25) is 5.91 Å². The van der Waals surface area contributed by atoms with Gasteiger partial charge in [-0.15, -0.1) is 0 Å². The Kier molecular flexibility index (Phi) is 5.31. The molecule has 116 valence electrons. The molecule has 0 spiro atoms. The maximum absolute atomic E-state index is 13.9. The van der Waals surface area contributed by atoms with Gasteiger partial charge in [0.15, 0.2) is 0 Å². The van der Waals surface area contributed by atoms with Crippen LogP contribution in [0.2, 0.25) is 0 Å². The number of halogens is 1. The van der Waals surface area contributed by atoms with Crippen LogP contribution in [0.1, 0.15) is 44.4 Å². The van der Waals surface area contributed by atoms with E-state index >= 15 is 0 Å². The number of benzene rings is 1. The van der Waals surface area contributed by atoms with Crippen LogP contribution in [0.4, 0.5) is 4.39 Å². The van der Waals surface area contributed by atoms with E-state index in [9.17, 15) is 9.18 Å². The van der Waals surface area contributed by atoms with Gasteiger partial charge in [-0.1, -0.05) is 39.0 Å². The zero-order chi connectivity index (χ0) is 15.5. The summed E-state index contributed by atoms with van der Waals surface area (Å²) in [7, 11) is 0. The molecule has 0 radical (unpaired) electrons. The number of carbonyl (C=O) groups is 1. The first kappa shape index (κ1) is 16.3. The molecule has 1 aliphatic rings. The summed E-state index contributed by atoms with van der Waals surface area (Å²) in [6.45, 7) is 7.74. The first-order valence-corrected chi connectivity index (χ1v) is 8.55. The molecule has 21 heavy (non-hydrogen) atoms. The molecule has 1 heterocycles. The molecule has 0 saturated carbocycles. The summed E-state index contributed by atoms with van der Waals surface area (Å²) in [5.74, 6) is 0.955. The molecule has 2 rings (SSSR count). The van der Waals surface area contributed by atoms with Crippen molar-refractivity contribution in [2.24, 2.45) is 5.41 Å². The minimum absolute atomic E-state index is 0.0153. The molecule has 1 atom stereocenters. The minimum Gasteiger partial charge on any atom is -0.342 e. The molecule has 0 aromatic heterocycles. The molecule has 1 fully saturated rings. The third-order valence-electron chi connectivity index (χ3n) is 3.63. The van der Waals surface area contributed by atoms with Crippen molar-refractivity contribution in [2.45, 2.75) is 38.9 Å². The highest BCUT2D eigenvalue weighted by atomic mass is 32.2. The van der Waals surface area contributed by atoms with Gasteiger partial charge >= 0.3 is 0 Å². The second-order valence-corrected chi connectivity index (χ2v) is 8.10. The van der Waals surface area contributed by atoms with Crippen LogP contribution in [-0.4, -0.2) is 29.6 Å². The predicted octanol–water partition coefficient (Wildman–Crippen LogP) is 4.27. The van der Waals surface area contributed by atoms with Crippen LogP contribution < -0.4 is 0 Å². The summed E-state index contributed by atoms with van der Waals surface area (Å²) < 4.78 is 13.9. The van der Waals surface area contributed by atoms with Crippen molar-refractivity contribution in [3.8, 4) is 0 Å². The first-order valence-electron chi connectivity index (χ1n) is 7.50. The number of hydrogen-bond donors (Lipinski definition) is 0. The monoisotopic (exact) mass is 309 g/mol. The first-order chi connectivity index (χ1) is 9.87. The number of carbonyl (C=O) groups excluding carboxylic acids is 1. The Morgan fingerprint density at radius 2 is 2.05 bits per heavy atom. The van der Waals surface area contributed by atoms with Gasteiger partial charge in [0, 0.05) is 36.1 Å². The Labute approximate surface area is 131 Å². The third kappa shape index (κ3) is 4.73. The highest BCUT2D eigenvalue weighted by Crippen LogP contribution is 2.36. The second kappa shape index (κ2) is 6.82. The summed E-state index contributed by atoms with van der Waals surface area (Å²) in [6.07, 6.45) is 1.39. The van der Waals surface area contributed by atoms with Gasteiger partial charge in [0.1, 0.15) is 5.82 Å². The summed E-state index contributed by atoms with van der Waals surface area (Å²) >= 11 is 1.76. The summed E-state index contributed by atoms with van der Waals surface area (Å²) in [4.78, 5) is 14.3. The Morgan fingerprint density at radius 3 is 2.71 bits per heavy atom. The van der Waals surface area contributed by atoms with E-state index in [0.29, 0.717) is 6.42 Å². The van der Waals surface area contributed by atoms with E-state index in [1.54, 1.807) is 17.8 Å². The number of nitrogens with zero attached hydrogens (tertiary/aromatic N) is 1. The van der Waals surface area contributed by atoms with E-state index in [0.717, 1.165) is 30.8 Å². The molecule has 0 bridgehead atoms. The van der Waals surface area contributed by atoms with Crippen molar-refractivity contribution in [2.75, 3.05) is 18.8 Å². The van der Waals surface area contributed by atoms with Gasteiger partial charge < -0.3 is 4.90 Å². The van der Waals surface area contributed by atoms with Crippen molar-refractivity contribution >= 4 is 17.7 Å². The Bertz CT molecular complexity index is 498. The molecule has 1 aromatic rings. The lowest BCUT2D eigenvalue weighted by Crippen LogP contribution is -2.35. The Morgan fingerprint density at radius 1 is 1.33 bits per heavy atom. The molecule has 1 aromatic carbocycles. The van der Waals surface area contributed by atoms with Crippen LogP contribution in [0.5, 0.6) is 0 Å². The van der Waals surface area contributed by atoms with Crippen LogP contribution in [0.15, 0.2) is 24.3 Å². The molecule has 4 heteroatoms. The van der Waals surface area contributed by atoms with Crippen molar-refractivity contribution in [1.29, 1.82) is 0 Å². The number of hydrogen-bond acceptors (Lipinski definition) is 2. The van der Waals surface area contributed by atoms with Crippen LogP contribution in [0.3, 0.4) is 0 Å². The maximum Gasteiger partial charge on any atom is 0.223 e. The second-order valence-electron chi connectivity index (χ2n) is 6.79. The van der Waals surface area contributed by atoms with Crippen molar-refractivity contribution < 1.29 is 9.18 Å². The van der Waals surface area contributed by atoms with Crippen molar-refractivity contribution in [1.82, 2.24) is 4.90 Å². The van der Waals surface area contributed by atoms with E-state index in [1.807, 2.05) is 17.0 Å². The molecule has 0 aliphatic carbocycles. The minimum atomic E-state index is -0.135. The number of amides is 1. The molecule has 1 saturated heterocycles. The zero-order valence-electron chi connectivity index (χ0n) is 13.1. The molecule has 1 aliphatic heterocycles. The zero-order valence-corrected chi connectivity index (χ0v) is 13.9. The van der Waals surface area contributed by atoms with Crippen LogP contribution >= 0.6 is 11.8 Å². The van der Waals surface area contributed by atoms with Gasteiger partial charge in [-0.2, -0.15) is 11.8 Å². The van der Waals surface area contributed by atoms with Gasteiger partial charge in [0.25, 0.3) is 0 Å². The SMILES string of the molecule is CC(C)(C)CC(=O)N1CCSC(c2ccccc2F)CC1. The fourth-order valence-corrected chi connectivity index (χ4v) is 3.82. The van der Waals surface area contributed by atoms with E-state index in [-0.39, 0.29) is 22.4 Å². The summed E-state index contributed by atoms with van der Waals surface area (Å²) in [6, 6.07) is 6.98. The van der Waals surface area contributed by atoms with E-state index in [2.05, 4.69) is 20.8 Å². The van der Waals surface area contributed by atoms with E-state index in [1.165, 1.54) is 6.07 Å². The van der Waals surface area contributed by atoms with Crippen LogP contribution in [0.25, 0.3) is 0 Å². The molecule has 2 nitrogen and oxygen atoms in total. The molecular weight excluding hydrogens is 285 g/mol. The van der Waals surface area contributed by atoms with E-state index in [4.69, 9.17) is 0 Å². The fourth-order valence-electron chi connectivity index (χ4n) is 2.57. The Hall–Kier alpha value is -1.03. The summed E-state index contributed by atoms with van der Waals surface area (Å²) in [5, 5.41) is 0.152.